The van der Waals surface area contributed by atoms with Gasteiger partial charge in [-0.05, 0) is 308 Å². The summed E-state index contributed by atoms with van der Waals surface area (Å²) in [5, 5.41) is 21.5. The smallest absolute Gasteiger partial charge is 0.0547 e. The molecule has 22 aromatic carbocycles. The van der Waals surface area contributed by atoms with Crippen molar-refractivity contribution < 1.29 is 0 Å². The van der Waals surface area contributed by atoms with E-state index in [0.29, 0.717) is 0 Å². The molecule has 0 aliphatic heterocycles. The van der Waals surface area contributed by atoms with Crippen molar-refractivity contribution in [2.75, 3.05) is 9.80 Å². The number of hydrogen-bond acceptors (Lipinski definition) is 2. The van der Waals surface area contributed by atoms with Crippen LogP contribution in [0.15, 0.2) is 449 Å². The second kappa shape index (κ2) is 28.6. The van der Waals surface area contributed by atoms with Crippen molar-refractivity contribution in [2.45, 2.75) is 38.5 Å². The second-order valence-electron chi connectivity index (χ2n) is 38.5. The first-order chi connectivity index (χ1) is 67.0. The zero-order valence-electron chi connectivity index (χ0n) is 75.4. The van der Waals surface area contributed by atoms with Crippen molar-refractivity contribution in [3.63, 3.8) is 0 Å². The SMILES string of the molecule is CC1(C)c2ccccc2-c2cc3c(cc21)c1ccccc1n3-c1ccc(-n2c3cccc4c3c3c5c-4cccc5ccc32)cc1.CC1(C)c2ccccc2-c2ccc(N(c3ccccc3)c3ccc(-n4c5cccc6c5c5c7c-6cccc7ccc54)cc3)cc21.c1ccc(N(c2ccc(-c3cccc4ccccc34)cc2)c2ccc(-n3c4cccc5c4c4c6c-5cccc6ccc43)cc2)cc1. The number of para-hydroxylation sites is 3. The van der Waals surface area contributed by atoms with Crippen molar-refractivity contribution in [1.82, 2.24) is 18.3 Å². The van der Waals surface area contributed by atoms with E-state index in [1.165, 1.54) is 248 Å². The molecule has 0 amide bonds. The summed E-state index contributed by atoms with van der Waals surface area (Å²) in [6, 6.07) is 165. The van der Waals surface area contributed by atoms with Crippen molar-refractivity contribution in [1.29, 1.82) is 0 Å². The van der Waals surface area contributed by atoms with E-state index in [-0.39, 0.29) is 10.8 Å². The number of hydrogen-bond donors (Lipinski definition) is 0. The Kier molecular flexibility index (Phi) is 16.1. The van der Waals surface area contributed by atoms with E-state index in [1.807, 2.05) is 0 Å². The third-order valence-electron chi connectivity index (χ3n) is 30.8. The molecule has 0 bridgehead atoms. The Hall–Kier alpha value is -17.3. The highest BCUT2D eigenvalue weighted by Gasteiger charge is 2.39. The van der Waals surface area contributed by atoms with Gasteiger partial charge in [0.2, 0.25) is 0 Å². The highest BCUT2D eigenvalue weighted by Crippen LogP contribution is 2.58. The molecule has 26 aromatic rings. The lowest BCUT2D eigenvalue weighted by Crippen LogP contribution is -2.16. The Morgan fingerprint density at radius 2 is 0.471 bits per heavy atom. The molecular formula is C130H86N6. The summed E-state index contributed by atoms with van der Waals surface area (Å²) in [4.78, 5) is 4.72. The van der Waals surface area contributed by atoms with E-state index in [9.17, 15) is 0 Å². The molecule has 31 rings (SSSR count). The summed E-state index contributed by atoms with van der Waals surface area (Å²) < 4.78 is 9.77. The van der Waals surface area contributed by atoms with E-state index < -0.39 is 0 Å². The molecule has 636 valence electrons. The van der Waals surface area contributed by atoms with E-state index >= 15 is 0 Å². The highest BCUT2D eigenvalue weighted by molar-refractivity contribution is 6.36. The predicted molar refractivity (Wildman–Crippen MR) is 574 cm³/mol. The Labute approximate surface area is 786 Å². The van der Waals surface area contributed by atoms with Gasteiger partial charge in [0, 0.05) is 111 Å². The van der Waals surface area contributed by atoms with Crippen LogP contribution >= 0.6 is 0 Å². The second-order valence-corrected chi connectivity index (χ2v) is 38.5. The van der Waals surface area contributed by atoms with Crippen LogP contribution in [0, 0.1) is 0 Å². The van der Waals surface area contributed by atoms with Crippen LogP contribution in [0.1, 0.15) is 49.9 Å². The Bertz CT molecular complexity index is 9630. The minimum Gasteiger partial charge on any atom is -0.311 e. The zero-order valence-corrected chi connectivity index (χ0v) is 75.4. The molecule has 6 nitrogen and oxygen atoms in total. The summed E-state index contributed by atoms with van der Waals surface area (Å²) in [6.45, 7) is 9.42. The molecule has 5 aliphatic rings. The molecule has 0 radical (unpaired) electrons. The number of benzene rings is 22. The molecular weight excluding hydrogens is 1650 g/mol. The normalized spacial score (nSPS) is 13.3. The van der Waals surface area contributed by atoms with Crippen LogP contribution in [0.3, 0.4) is 0 Å². The first-order valence-electron chi connectivity index (χ1n) is 47.5. The molecule has 4 heterocycles. The van der Waals surface area contributed by atoms with Crippen LogP contribution in [-0.2, 0) is 10.8 Å². The van der Waals surface area contributed by atoms with Gasteiger partial charge in [-0.3, -0.25) is 0 Å². The quantitative estimate of drug-likeness (QED) is 0.129. The summed E-state index contributed by atoms with van der Waals surface area (Å²) in [5.74, 6) is 0. The molecule has 0 N–H and O–H groups in total. The first kappa shape index (κ1) is 76.4. The van der Waals surface area contributed by atoms with Crippen molar-refractivity contribution in [3.05, 3.63) is 471 Å². The molecule has 136 heavy (non-hydrogen) atoms. The standard InChI is InChI=1S/C44H28N2.C43H28N2.C43H30N2/c1-2-12-32(13-3-1)45(33-22-19-30(20-23-33)37-15-6-10-29-9-4-5-14-36(29)37)34-24-26-35(27-25-34)46-40-18-8-17-39-38-16-7-11-31-21-28-41(46)44(42(31)38)43(39)40;1-43(2)34-14-5-3-10-28(34)32-24-39-33(23-35(32)43)29-11-4-6-15-36(29)44(39)26-18-20-27(21-19-26)45-37-16-8-13-31-30-12-7-9-25-17-22-38(45)42(40(25)30)41(31)37;1-43(2)36-16-7-6-13-32(36)33-24-23-31(26-37(33)43)44(28-11-4-3-5-12-28)29-19-21-30(22-20-29)45-38-17-9-15-35-34-14-8-10-27-18-25-39(45)42(40(27)34)41(35)38/h1-28H;3-24H,1-2H3;3-26H,1-2H3. The number of aromatic nitrogens is 4. The molecule has 0 spiro atoms. The van der Waals surface area contributed by atoms with Crippen LogP contribution in [0.5, 0.6) is 0 Å². The fourth-order valence-corrected chi connectivity index (χ4v) is 24.8. The molecule has 6 heteroatoms. The molecule has 0 fully saturated rings. The summed E-state index contributed by atoms with van der Waals surface area (Å²) in [5.41, 5.74) is 43.1. The minimum absolute atomic E-state index is 0.0260. The van der Waals surface area contributed by atoms with Gasteiger partial charge in [0.1, 0.15) is 0 Å². The Morgan fingerprint density at radius 1 is 0.162 bits per heavy atom. The van der Waals surface area contributed by atoms with Gasteiger partial charge < -0.3 is 28.1 Å². The van der Waals surface area contributed by atoms with E-state index in [0.717, 1.165) is 28.4 Å². The van der Waals surface area contributed by atoms with Crippen molar-refractivity contribution in [2.24, 2.45) is 0 Å². The van der Waals surface area contributed by atoms with Crippen molar-refractivity contribution >= 4 is 164 Å². The monoisotopic (exact) mass is 1730 g/mol. The van der Waals surface area contributed by atoms with Gasteiger partial charge in [-0.15, -0.1) is 0 Å². The van der Waals surface area contributed by atoms with Gasteiger partial charge >= 0.3 is 0 Å². The van der Waals surface area contributed by atoms with Gasteiger partial charge in [-0.25, -0.2) is 0 Å². The lowest BCUT2D eigenvalue weighted by atomic mass is 9.82. The maximum atomic E-state index is 2.46. The van der Waals surface area contributed by atoms with Gasteiger partial charge in [0.25, 0.3) is 0 Å². The maximum absolute atomic E-state index is 2.46. The van der Waals surface area contributed by atoms with E-state index in [4.69, 9.17) is 0 Å². The van der Waals surface area contributed by atoms with E-state index in [1.54, 1.807) is 0 Å². The number of nitrogens with zero attached hydrogens (tertiary/aromatic N) is 6. The topological polar surface area (TPSA) is 26.2 Å². The zero-order chi connectivity index (χ0) is 89.7. The van der Waals surface area contributed by atoms with Crippen LogP contribution in [0.4, 0.5) is 34.1 Å². The minimum atomic E-state index is -0.0570. The van der Waals surface area contributed by atoms with Crippen LogP contribution in [0.2, 0.25) is 0 Å². The first-order valence-corrected chi connectivity index (χ1v) is 47.5. The average Bonchev–Trinajstić information content (AvgIpc) is 1.54. The molecule has 5 aliphatic carbocycles. The molecule has 4 aromatic heterocycles. The summed E-state index contributed by atoms with van der Waals surface area (Å²) >= 11 is 0. The maximum Gasteiger partial charge on any atom is 0.0547 e. The molecule has 0 saturated carbocycles. The van der Waals surface area contributed by atoms with E-state index in [2.05, 4.69) is 505 Å². The van der Waals surface area contributed by atoms with Crippen LogP contribution < -0.4 is 9.80 Å². The average molecular weight is 1730 g/mol. The lowest BCUT2D eigenvalue weighted by molar-refractivity contribution is 0.660. The summed E-state index contributed by atoms with van der Waals surface area (Å²) in [7, 11) is 0. The van der Waals surface area contributed by atoms with Gasteiger partial charge in [-0.2, -0.15) is 0 Å². The van der Waals surface area contributed by atoms with Gasteiger partial charge in [0.15, 0.2) is 0 Å². The van der Waals surface area contributed by atoms with Gasteiger partial charge in [-0.1, -0.05) is 301 Å². The molecule has 0 atom stereocenters. The van der Waals surface area contributed by atoms with Crippen LogP contribution in [-0.4, -0.2) is 18.3 Å². The fourth-order valence-electron chi connectivity index (χ4n) is 24.8. The number of anilines is 6. The number of rotatable bonds is 11. The van der Waals surface area contributed by atoms with Crippen LogP contribution in [0.25, 0.3) is 220 Å². The highest BCUT2D eigenvalue weighted by atomic mass is 15.2. The molecule has 0 unspecified atom stereocenters. The van der Waals surface area contributed by atoms with Gasteiger partial charge in [0.05, 0.1) is 44.1 Å². The Balaban J connectivity index is 0.0000000989. The molecule has 0 saturated heterocycles. The third-order valence-corrected chi connectivity index (χ3v) is 30.8. The summed E-state index contributed by atoms with van der Waals surface area (Å²) in [6.07, 6.45) is 0. The third kappa shape index (κ3) is 10.8. The number of fused-ring (bicyclic) bond motifs is 13. The van der Waals surface area contributed by atoms with Crippen molar-refractivity contribution in [3.8, 4) is 89.5 Å². The predicted octanol–water partition coefficient (Wildman–Crippen LogP) is 35.2. The Morgan fingerprint density at radius 3 is 0.949 bits per heavy atom. The largest absolute Gasteiger partial charge is 0.311 e. The fraction of sp³-hybridized carbons (Fsp3) is 0.0462. The lowest BCUT2D eigenvalue weighted by Gasteiger charge is -2.28.